The van der Waals surface area contributed by atoms with Gasteiger partial charge in [-0.15, -0.1) is 0 Å². The molecule has 1 atom stereocenters. The van der Waals surface area contributed by atoms with Crippen molar-refractivity contribution < 1.29 is 35.7 Å². The quantitative estimate of drug-likeness (QED) is 0.395. The first-order chi connectivity index (χ1) is 7.65. The van der Waals surface area contributed by atoms with E-state index in [4.69, 9.17) is 0 Å². The molecule has 0 bridgehead atoms. The third kappa shape index (κ3) is 3.09. The SMILES string of the molecule is O=C([O-])N1CCC=CC1OS(=O)(=O)C(F)(F)F. The van der Waals surface area contributed by atoms with Gasteiger partial charge in [0.05, 0.1) is 0 Å². The molecule has 1 rings (SSSR count). The van der Waals surface area contributed by atoms with Crippen LogP contribution in [0.2, 0.25) is 0 Å². The summed E-state index contributed by atoms with van der Waals surface area (Å²) in [5, 5.41) is 10.5. The van der Waals surface area contributed by atoms with Gasteiger partial charge in [-0.3, -0.25) is 0 Å². The number of rotatable bonds is 2. The van der Waals surface area contributed by atoms with Crippen molar-refractivity contribution in [2.75, 3.05) is 6.54 Å². The van der Waals surface area contributed by atoms with E-state index in [0.29, 0.717) is 4.90 Å². The van der Waals surface area contributed by atoms with Crippen LogP contribution in [0.15, 0.2) is 12.2 Å². The highest BCUT2D eigenvalue weighted by molar-refractivity contribution is 7.87. The van der Waals surface area contributed by atoms with Gasteiger partial charge in [-0.2, -0.15) is 21.6 Å². The first-order valence-corrected chi connectivity index (χ1v) is 5.70. The second kappa shape index (κ2) is 4.53. The Hall–Kier alpha value is -1.29. The van der Waals surface area contributed by atoms with Crippen molar-refractivity contribution in [3.05, 3.63) is 12.2 Å². The average molecular weight is 274 g/mol. The van der Waals surface area contributed by atoms with Gasteiger partial charge in [-0.1, -0.05) is 6.08 Å². The lowest BCUT2D eigenvalue weighted by Gasteiger charge is -2.33. The van der Waals surface area contributed by atoms with Crippen molar-refractivity contribution in [1.82, 2.24) is 4.90 Å². The highest BCUT2D eigenvalue weighted by atomic mass is 32.2. The fourth-order valence-corrected chi connectivity index (χ4v) is 1.66. The van der Waals surface area contributed by atoms with Gasteiger partial charge in [-0.05, 0) is 12.5 Å². The second-order valence-electron chi connectivity index (χ2n) is 3.06. The number of halogens is 3. The summed E-state index contributed by atoms with van der Waals surface area (Å²) in [6, 6.07) is 0. The predicted molar refractivity (Wildman–Crippen MR) is 45.7 cm³/mol. The minimum Gasteiger partial charge on any atom is -0.530 e. The number of alkyl halides is 3. The summed E-state index contributed by atoms with van der Waals surface area (Å²) in [4.78, 5) is 10.9. The lowest BCUT2D eigenvalue weighted by Crippen LogP contribution is -2.50. The largest absolute Gasteiger partial charge is 0.530 e. The van der Waals surface area contributed by atoms with Gasteiger partial charge < -0.3 is 14.8 Å². The standard InChI is InChI=1S/C7H8F3NO5S/c8-7(9,10)17(14,15)16-5-3-1-2-4-11(5)6(12)13/h1,3,5H,2,4H2,(H,12,13)/p-1. The molecule has 0 aliphatic carbocycles. The van der Waals surface area contributed by atoms with E-state index in [2.05, 4.69) is 4.18 Å². The number of carbonyl (C=O) groups is 1. The first-order valence-electron chi connectivity index (χ1n) is 4.29. The van der Waals surface area contributed by atoms with Crippen LogP contribution < -0.4 is 5.11 Å². The Morgan fingerprint density at radius 2 is 2.06 bits per heavy atom. The summed E-state index contributed by atoms with van der Waals surface area (Å²) in [7, 11) is -5.85. The molecule has 1 heterocycles. The van der Waals surface area contributed by atoms with E-state index in [-0.39, 0.29) is 13.0 Å². The molecule has 0 aromatic heterocycles. The van der Waals surface area contributed by atoms with Crippen molar-refractivity contribution in [2.45, 2.75) is 18.2 Å². The van der Waals surface area contributed by atoms with Crippen molar-refractivity contribution in [3.63, 3.8) is 0 Å². The smallest absolute Gasteiger partial charge is 0.523 e. The molecular formula is C7H7F3NO5S-. The van der Waals surface area contributed by atoms with Crippen molar-refractivity contribution in [1.29, 1.82) is 0 Å². The fraction of sp³-hybridized carbons (Fsp3) is 0.571. The number of amides is 1. The van der Waals surface area contributed by atoms with Crippen molar-refractivity contribution in [3.8, 4) is 0 Å². The summed E-state index contributed by atoms with van der Waals surface area (Å²) in [5.41, 5.74) is -5.60. The number of nitrogens with zero attached hydrogens (tertiary/aromatic N) is 1. The fourth-order valence-electron chi connectivity index (χ4n) is 1.12. The zero-order valence-electron chi connectivity index (χ0n) is 8.18. The van der Waals surface area contributed by atoms with E-state index in [1.165, 1.54) is 6.08 Å². The molecule has 1 amide bonds. The van der Waals surface area contributed by atoms with E-state index in [1.807, 2.05) is 0 Å². The number of carbonyl (C=O) groups excluding carboxylic acids is 1. The summed E-state index contributed by atoms with van der Waals surface area (Å²) in [6.07, 6.45) is -1.20. The lowest BCUT2D eigenvalue weighted by atomic mass is 10.2. The van der Waals surface area contributed by atoms with Gasteiger partial charge in [0.2, 0.25) is 0 Å². The number of carboxylic acid groups (broad SMARTS) is 1. The molecule has 10 heteroatoms. The van der Waals surface area contributed by atoms with Crippen LogP contribution in [0.25, 0.3) is 0 Å². The molecule has 1 aliphatic heterocycles. The molecule has 17 heavy (non-hydrogen) atoms. The third-order valence-corrected chi connectivity index (χ3v) is 2.91. The highest BCUT2D eigenvalue weighted by Gasteiger charge is 2.49. The highest BCUT2D eigenvalue weighted by Crippen LogP contribution is 2.27. The molecule has 0 radical (unpaired) electrons. The lowest BCUT2D eigenvalue weighted by molar-refractivity contribution is -0.271. The van der Waals surface area contributed by atoms with E-state index < -0.39 is 27.9 Å². The Labute approximate surface area is 94.4 Å². The van der Waals surface area contributed by atoms with Gasteiger partial charge in [0.1, 0.15) is 6.09 Å². The molecular weight excluding hydrogens is 267 g/mol. The molecule has 0 spiro atoms. The molecule has 1 aliphatic rings. The molecule has 0 saturated carbocycles. The summed E-state index contributed by atoms with van der Waals surface area (Å²) in [6.45, 7) is -0.198. The molecule has 0 N–H and O–H groups in total. The predicted octanol–water partition coefficient (Wildman–Crippen LogP) is -0.216. The zero-order valence-corrected chi connectivity index (χ0v) is 8.99. The maximum atomic E-state index is 12.0. The van der Waals surface area contributed by atoms with Crippen LogP contribution in [-0.4, -0.2) is 37.7 Å². The van der Waals surface area contributed by atoms with Crippen LogP contribution in [0.1, 0.15) is 6.42 Å². The van der Waals surface area contributed by atoms with Crippen LogP contribution in [-0.2, 0) is 14.3 Å². The Balaban J connectivity index is 2.90. The Morgan fingerprint density at radius 3 is 2.53 bits per heavy atom. The monoisotopic (exact) mass is 274 g/mol. The van der Waals surface area contributed by atoms with Crippen molar-refractivity contribution in [2.24, 2.45) is 0 Å². The molecule has 1 unspecified atom stereocenters. The molecule has 0 fully saturated rings. The Kier molecular flexibility index (Phi) is 3.67. The Morgan fingerprint density at radius 1 is 1.47 bits per heavy atom. The first kappa shape index (κ1) is 13.8. The van der Waals surface area contributed by atoms with E-state index >= 15 is 0 Å². The second-order valence-corrected chi connectivity index (χ2v) is 4.63. The maximum absolute atomic E-state index is 12.0. The summed E-state index contributed by atoms with van der Waals surface area (Å²) in [5.74, 6) is 0. The zero-order chi connectivity index (χ0) is 13.3. The van der Waals surface area contributed by atoms with E-state index in [9.17, 15) is 31.5 Å². The van der Waals surface area contributed by atoms with E-state index in [1.54, 1.807) is 0 Å². The topological polar surface area (TPSA) is 86.7 Å². The van der Waals surface area contributed by atoms with Gasteiger partial charge in [0.25, 0.3) is 0 Å². The van der Waals surface area contributed by atoms with E-state index in [0.717, 1.165) is 6.08 Å². The average Bonchev–Trinajstić information content (AvgIpc) is 2.15. The van der Waals surface area contributed by atoms with Crippen LogP contribution in [0, 0.1) is 0 Å². The minimum absolute atomic E-state index is 0.198. The van der Waals surface area contributed by atoms with Gasteiger partial charge >= 0.3 is 15.6 Å². The molecule has 0 saturated heterocycles. The molecule has 0 aromatic carbocycles. The van der Waals surface area contributed by atoms with Crippen molar-refractivity contribution >= 4 is 16.2 Å². The minimum atomic E-state index is -5.85. The normalized spacial score (nSPS) is 21.6. The van der Waals surface area contributed by atoms with Crippen LogP contribution in [0.4, 0.5) is 18.0 Å². The van der Waals surface area contributed by atoms with Crippen LogP contribution in [0.3, 0.4) is 0 Å². The molecule has 0 aromatic rings. The van der Waals surface area contributed by atoms with Gasteiger partial charge in [0.15, 0.2) is 6.23 Å². The van der Waals surface area contributed by atoms with Crippen LogP contribution >= 0.6 is 0 Å². The number of hydrogen-bond donors (Lipinski definition) is 0. The van der Waals surface area contributed by atoms with Crippen LogP contribution in [0.5, 0.6) is 0 Å². The van der Waals surface area contributed by atoms with Gasteiger partial charge in [0, 0.05) is 6.54 Å². The molecule has 6 nitrogen and oxygen atoms in total. The van der Waals surface area contributed by atoms with Gasteiger partial charge in [-0.25, -0.2) is 4.18 Å². The molecule has 98 valence electrons. The number of hydrogen-bond acceptors (Lipinski definition) is 5. The third-order valence-electron chi connectivity index (χ3n) is 1.89. The summed E-state index contributed by atoms with van der Waals surface area (Å²) >= 11 is 0. The Bertz CT molecular complexity index is 429. The summed E-state index contributed by atoms with van der Waals surface area (Å²) < 4.78 is 61.1. The maximum Gasteiger partial charge on any atom is 0.523 e.